The second kappa shape index (κ2) is 8.25. The summed E-state index contributed by atoms with van der Waals surface area (Å²) in [7, 11) is 0. The van der Waals surface area contributed by atoms with Crippen molar-refractivity contribution in [2.24, 2.45) is 0 Å². The first-order valence-corrected chi connectivity index (χ1v) is 8.75. The molecule has 0 bridgehead atoms. The van der Waals surface area contributed by atoms with Gasteiger partial charge in [-0.05, 0) is 67.6 Å². The summed E-state index contributed by atoms with van der Waals surface area (Å²) < 4.78 is 10.8. The third-order valence-corrected chi connectivity index (χ3v) is 4.30. The van der Waals surface area contributed by atoms with Gasteiger partial charge in [0.05, 0.1) is 11.1 Å². The Kier molecular flexibility index (Phi) is 5.79. The SMILES string of the molecule is Cc1c(OC(=O)c2ccc(Cl)cc2)cccc1OC(=O)c1ccc(Cl)cc1. The van der Waals surface area contributed by atoms with Crippen LogP contribution in [0.5, 0.6) is 11.5 Å². The van der Waals surface area contributed by atoms with Crippen LogP contribution < -0.4 is 9.47 Å². The van der Waals surface area contributed by atoms with Gasteiger partial charge in [0.1, 0.15) is 11.5 Å². The summed E-state index contributed by atoms with van der Waals surface area (Å²) in [6.07, 6.45) is 0. The van der Waals surface area contributed by atoms with E-state index in [9.17, 15) is 9.59 Å². The number of carbonyl (C=O) groups excluding carboxylic acids is 2. The number of halogens is 2. The molecule has 0 aliphatic rings. The molecule has 0 aliphatic carbocycles. The van der Waals surface area contributed by atoms with E-state index in [0.717, 1.165) is 0 Å². The van der Waals surface area contributed by atoms with Gasteiger partial charge in [-0.15, -0.1) is 0 Å². The minimum atomic E-state index is -0.532. The molecule has 0 atom stereocenters. The number of rotatable bonds is 4. The summed E-state index contributed by atoms with van der Waals surface area (Å²) in [5, 5.41) is 1.05. The van der Waals surface area contributed by atoms with Crippen molar-refractivity contribution in [3.05, 3.63) is 93.5 Å². The highest BCUT2D eigenvalue weighted by Gasteiger charge is 2.15. The second-order valence-corrected chi connectivity index (χ2v) is 6.54. The molecule has 0 aromatic heterocycles. The normalized spacial score (nSPS) is 10.3. The van der Waals surface area contributed by atoms with Gasteiger partial charge in [0.2, 0.25) is 0 Å². The molecule has 0 radical (unpaired) electrons. The Hall–Kier alpha value is -2.82. The van der Waals surface area contributed by atoms with Crippen molar-refractivity contribution in [2.75, 3.05) is 0 Å². The van der Waals surface area contributed by atoms with Gasteiger partial charge in [0, 0.05) is 15.6 Å². The lowest BCUT2D eigenvalue weighted by molar-refractivity contribution is 0.0730. The molecule has 6 heteroatoms. The van der Waals surface area contributed by atoms with Crippen LogP contribution in [-0.4, -0.2) is 11.9 Å². The molecule has 136 valence electrons. The highest BCUT2D eigenvalue weighted by Crippen LogP contribution is 2.29. The quantitative estimate of drug-likeness (QED) is 0.413. The third kappa shape index (κ3) is 4.67. The molecule has 0 saturated heterocycles. The van der Waals surface area contributed by atoms with Gasteiger partial charge in [0.25, 0.3) is 0 Å². The second-order valence-electron chi connectivity index (χ2n) is 5.67. The minimum absolute atomic E-state index is 0.302. The number of ether oxygens (including phenoxy) is 2. The van der Waals surface area contributed by atoms with Gasteiger partial charge in [-0.2, -0.15) is 0 Å². The monoisotopic (exact) mass is 400 g/mol. The average Bonchev–Trinajstić information content (AvgIpc) is 2.66. The smallest absolute Gasteiger partial charge is 0.343 e. The zero-order chi connectivity index (χ0) is 19.4. The maximum atomic E-state index is 12.3. The molecule has 27 heavy (non-hydrogen) atoms. The lowest BCUT2D eigenvalue weighted by Gasteiger charge is -2.12. The van der Waals surface area contributed by atoms with E-state index >= 15 is 0 Å². The lowest BCUT2D eigenvalue weighted by Crippen LogP contribution is -2.11. The summed E-state index contributed by atoms with van der Waals surface area (Å²) in [6.45, 7) is 1.70. The molecule has 3 rings (SSSR count). The molecule has 0 amide bonds. The van der Waals surface area contributed by atoms with Crippen LogP contribution in [0, 0.1) is 6.92 Å². The molecule has 0 aliphatic heterocycles. The van der Waals surface area contributed by atoms with Crippen LogP contribution >= 0.6 is 23.2 Å². The van der Waals surface area contributed by atoms with Gasteiger partial charge in [-0.3, -0.25) is 0 Å². The Morgan fingerprint density at radius 2 is 1.04 bits per heavy atom. The van der Waals surface area contributed by atoms with Crippen molar-refractivity contribution >= 4 is 35.1 Å². The lowest BCUT2D eigenvalue weighted by atomic mass is 10.2. The predicted molar refractivity (Wildman–Crippen MR) is 104 cm³/mol. The molecule has 0 N–H and O–H groups in total. The third-order valence-electron chi connectivity index (χ3n) is 3.80. The van der Waals surface area contributed by atoms with Crippen LogP contribution in [0.25, 0.3) is 0 Å². The van der Waals surface area contributed by atoms with E-state index in [0.29, 0.717) is 38.2 Å². The van der Waals surface area contributed by atoms with Gasteiger partial charge in [0.15, 0.2) is 0 Å². The Morgan fingerprint density at radius 1 is 0.667 bits per heavy atom. The van der Waals surface area contributed by atoms with E-state index in [1.165, 1.54) is 0 Å². The number of hydrogen-bond donors (Lipinski definition) is 0. The van der Waals surface area contributed by atoms with Gasteiger partial charge < -0.3 is 9.47 Å². The first-order valence-electron chi connectivity index (χ1n) is 7.99. The fraction of sp³-hybridized carbons (Fsp3) is 0.0476. The maximum Gasteiger partial charge on any atom is 0.343 e. The van der Waals surface area contributed by atoms with Crippen molar-refractivity contribution in [3.8, 4) is 11.5 Å². The van der Waals surface area contributed by atoms with Crippen LogP contribution in [0.15, 0.2) is 66.7 Å². The van der Waals surface area contributed by atoms with E-state index in [-0.39, 0.29) is 0 Å². The average molecular weight is 401 g/mol. The standard InChI is InChI=1S/C21H14Cl2O4/c1-13-18(26-20(24)14-5-9-16(22)10-6-14)3-2-4-19(13)27-21(25)15-7-11-17(23)12-8-15/h2-12H,1H3. The molecule has 3 aromatic carbocycles. The molecule has 0 fully saturated rings. The van der Waals surface area contributed by atoms with E-state index in [4.69, 9.17) is 32.7 Å². The van der Waals surface area contributed by atoms with E-state index < -0.39 is 11.9 Å². The molecule has 0 heterocycles. The fourth-order valence-electron chi connectivity index (χ4n) is 2.30. The molecular formula is C21H14Cl2O4. The molecule has 0 unspecified atom stereocenters. The molecule has 3 aromatic rings. The Labute approximate surface area is 166 Å². The largest absolute Gasteiger partial charge is 0.423 e. The molecule has 0 saturated carbocycles. The predicted octanol–water partition coefficient (Wildman–Crippen LogP) is 5.74. The Morgan fingerprint density at radius 3 is 1.41 bits per heavy atom. The van der Waals surface area contributed by atoms with Crippen molar-refractivity contribution in [1.29, 1.82) is 0 Å². The summed E-state index contributed by atoms with van der Waals surface area (Å²) in [6, 6.07) is 17.6. The van der Waals surface area contributed by atoms with Crippen molar-refractivity contribution in [2.45, 2.75) is 6.92 Å². The van der Waals surface area contributed by atoms with E-state index in [2.05, 4.69) is 0 Å². The Balaban J connectivity index is 1.77. The number of benzene rings is 3. The molecule has 4 nitrogen and oxygen atoms in total. The molecule has 0 spiro atoms. The summed E-state index contributed by atoms with van der Waals surface area (Å²) in [5.74, 6) is -0.459. The summed E-state index contributed by atoms with van der Waals surface area (Å²) >= 11 is 11.6. The van der Waals surface area contributed by atoms with Crippen LogP contribution in [-0.2, 0) is 0 Å². The maximum absolute atomic E-state index is 12.3. The summed E-state index contributed by atoms with van der Waals surface area (Å²) in [5.41, 5.74) is 1.26. The summed E-state index contributed by atoms with van der Waals surface area (Å²) in [4.78, 5) is 24.6. The van der Waals surface area contributed by atoms with Gasteiger partial charge >= 0.3 is 11.9 Å². The van der Waals surface area contributed by atoms with Crippen LogP contribution in [0.4, 0.5) is 0 Å². The van der Waals surface area contributed by atoms with E-state index in [1.807, 2.05) is 0 Å². The zero-order valence-electron chi connectivity index (χ0n) is 14.2. The van der Waals surface area contributed by atoms with Crippen LogP contribution in [0.1, 0.15) is 26.3 Å². The fourth-order valence-corrected chi connectivity index (χ4v) is 2.56. The Bertz CT molecular complexity index is 902. The van der Waals surface area contributed by atoms with Gasteiger partial charge in [-0.25, -0.2) is 9.59 Å². The number of esters is 2. The van der Waals surface area contributed by atoms with Crippen LogP contribution in [0.3, 0.4) is 0 Å². The minimum Gasteiger partial charge on any atom is -0.423 e. The number of carbonyl (C=O) groups is 2. The highest BCUT2D eigenvalue weighted by molar-refractivity contribution is 6.31. The van der Waals surface area contributed by atoms with Crippen molar-refractivity contribution in [3.63, 3.8) is 0 Å². The van der Waals surface area contributed by atoms with Gasteiger partial charge in [-0.1, -0.05) is 29.3 Å². The number of hydrogen-bond acceptors (Lipinski definition) is 4. The first kappa shape index (κ1) is 19.0. The highest BCUT2D eigenvalue weighted by atomic mass is 35.5. The topological polar surface area (TPSA) is 52.6 Å². The first-order chi connectivity index (χ1) is 12.9. The molecular weight excluding hydrogens is 387 g/mol. The van der Waals surface area contributed by atoms with E-state index in [1.54, 1.807) is 73.7 Å². The van der Waals surface area contributed by atoms with Crippen molar-refractivity contribution in [1.82, 2.24) is 0 Å². The zero-order valence-corrected chi connectivity index (χ0v) is 15.8. The van der Waals surface area contributed by atoms with Crippen LogP contribution in [0.2, 0.25) is 10.0 Å². The van der Waals surface area contributed by atoms with Crippen molar-refractivity contribution < 1.29 is 19.1 Å².